The van der Waals surface area contributed by atoms with Gasteiger partial charge in [-0.15, -0.1) is 15.3 Å². The van der Waals surface area contributed by atoms with E-state index < -0.39 is 0 Å². The number of amides is 1. The topological polar surface area (TPSA) is 78.7 Å². The first-order chi connectivity index (χ1) is 16.3. The molecule has 5 rings (SSSR count). The number of likely N-dealkylation sites (tertiary alicyclic amines) is 1. The molecule has 0 atom stereocenters. The predicted octanol–water partition coefficient (Wildman–Crippen LogP) is 3.00. The van der Waals surface area contributed by atoms with E-state index in [1.807, 2.05) is 47.0 Å². The minimum atomic E-state index is 0.0924. The predicted molar refractivity (Wildman–Crippen MR) is 129 cm³/mol. The highest BCUT2D eigenvalue weighted by Crippen LogP contribution is 2.24. The lowest BCUT2D eigenvalue weighted by Gasteiger charge is -2.32. The lowest BCUT2D eigenvalue weighted by atomic mass is 9.96. The number of benzene rings is 1. The zero-order valence-electron chi connectivity index (χ0n) is 19.2. The van der Waals surface area contributed by atoms with Crippen molar-refractivity contribution in [2.24, 2.45) is 5.92 Å². The van der Waals surface area contributed by atoms with Crippen LogP contribution in [-0.4, -0.2) is 69.9 Å². The number of nitrogens with zero attached hydrogens (tertiary/aromatic N) is 6. The molecule has 2 aliphatic rings. The Labute approximate surface area is 195 Å². The second-order valence-corrected chi connectivity index (χ2v) is 9.16. The summed E-state index contributed by atoms with van der Waals surface area (Å²) >= 11 is 0. The standard InChI is InChI=1S/C25H33N7O/c33-25(26-14-7-17-30-15-5-2-6-16-30)21-12-18-31(19-13-21)23-11-10-22-27-28-24(32(22)29-23)20-8-3-1-4-9-20/h1,3-4,8-11,21H,2,5-7,12-19H2,(H,26,33). The molecule has 174 valence electrons. The molecule has 0 aliphatic carbocycles. The van der Waals surface area contributed by atoms with Crippen LogP contribution in [0.25, 0.3) is 17.0 Å². The Morgan fingerprint density at radius 1 is 0.939 bits per heavy atom. The number of aromatic nitrogens is 4. The van der Waals surface area contributed by atoms with E-state index in [1.54, 1.807) is 0 Å². The van der Waals surface area contributed by atoms with Crippen LogP contribution in [0.3, 0.4) is 0 Å². The Balaban J connectivity index is 1.13. The van der Waals surface area contributed by atoms with Crippen LogP contribution in [0.1, 0.15) is 38.5 Å². The minimum absolute atomic E-state index is 0.0924. The van der Waals surface area contributed by atoms with Gasteiger partial charge in [-0.3, -0.25) is 4.79 Å². The van der Waals surface area contributed by atoms with Crippen LogP contribution in [0.4, 0.5) is 5.82 Å². The van der Waals surface area contributed by atoms with Gasteiger partial charge in [-0.2, -0.15) is 4.52 Å². The van der Waals surface area contributed by atoms with Crippen LogP contribution >= 0.6 is 0 Å². The van der Waals surface area contributed by atoms with Gasteiger partial charge in [0.2, 0.25) is 5.91 Å². The van der Waals surface area contributed by atoms with E-state index in [1.165, 1.54) is 32.4 Å². The Morgan fingerprint density at radius 2 is 1.73 bits per heavy atom. The fourth-order valence-electron chi connectivity index (χ4n) is 4.93. The van der Waals surface area contributed by atoms with Crippen LogP contribution in [0.2, 0.25) is 0 Å². The first-order valence-corrected chi connectivity index (χ1v) is 12.3. The normalized spacial score (nSPS) is 18.0. The maximum atomic E-state index is 12.7. The highest BCUT2D eigenvalue weighted by atomic mass is 16.1. The zero-order chi connectivity index (χ0) is 22.5. The molecular formula is C25H33N7O. The Morgan fingerprint density at radius 3 is 2.52 bits per heavy atom. The van der Waals surface area contributed by atoms with E-state index in [0.717, 1.165) is 68.3 Å². The SMILES string of the molecule is O=C(NCCCN1CCCCC1)C1CCN(c2ccc3nnc(-c4ccccc4)n3n2)CC1. The van der Waals surface area contributed by atoms with Gasteiger partial charge in [-0.05, 0) is 63.9 Å². The molecule has 0 saturated carbocycles. The van der Waals surface area contributed by atoms with E-state index in [0.29, 0.717) is 0 Å². The molecule has 0 bridgehead atoms. The molecule has 2 saturated heterocycles. The Bertz CT molecular complexity index is 1050. The number of hydrogen-bond acceptors (Lipinski definition) is 6. The number of carbonyl (C=O) groups is 1. The van der Waals surface area contributed by atoms with Gasteiger partial charge in [0.1, 0.15) is 5.82 Å². The lowest BCUT2D eigenvalue weighted by molar-refractivity contribution is -0.125. The van der Waals surface area contributed by atoms with Crippen molar-refractivity contribution in [2.75, 3.05) is 44.2 Å². The van der Waals surface area contributed by atoms with Crippen molar-refractivity contribution in [3.8, 4) is 11.4 Å². The second kappa shape index (κ2) is 10.3. The number of carbonyl (C=O) groups excluding carboxylic acids is 1. The number of nitrogens with one attached hydrogen (secondary N) is 1. The molecule has 2 aromatic heterocycles. The number of fused-ring (bicyclic) bond motifs is 1. The van der Waals surface area contributed by atoms with Gasteiger partial charge in [0, 0.05) is 31.1 Å². The van der Waals surface area contributed by atoms with Crippen LogP contribution in [0, 0.1) is 5.92 Å². The molecule has 4 heterocycles. The first-order valence-electron chi connectivity index (χ1n) is 12.3. The van der Waals surface area contributed by atoms with Crippen molar-refractivity contribution in [3.63, 3.8) is 0 Å². The average Bonchev–Trinajstić information content (AvgIpc) is 3.31. The van der Waals surface area contributed by atoms with Crippen molar-refractivity contribution in [1.29, 1.82) is 0 Å². The highest BCUT2D eigenvalue weighted by Gasteiger charge is 2.26. The van der Waals surface area contributed by atoms with Gasteiger partial charge < -0.3 is 15.1 Å². The van der Waals surface area contributed by atoms with E-state index in [-0.39, 0.29) is 11.8 Å². The lowest BCUT2D eigenvalue weighted by Crippen LogP contribution is -2.41. The molecule has 1 N–H and O–H groups in total. The average molecular weight is 448 g/mol. The largest absolute Gasteiger partial charge is 0.356 e. The molecule has 1 aromatic carbocycles. The molecular weight excluding hydrogens is 414 g/mol. The number of piperidine rings is 2. The van der Waals surface area contributed by atoms with Gasteiger partial charge >= 0.3 is 0 Å². The number of hydrogen-bond donors (Lipinski definition) is 1. The molecule has 0 unspecified atom stereocenters. The summed E-state index contributed by atoms with van der Waals surface area (Å²) in [6.45, 7) is 5.97. The summed E-state index contributed by atoms with van der Waals surface area (Å²) in [7, 11) is 0. The van der Waals surface area contributed by atoms with Crippen molar-refractivity contribution >= 4 is 17.4 Å². The monoisotopic (exact) mass is 447 g/mol. The molecule has 33 heavy (non-hydrogen) atoms. The van der Waals surface area contributed by atoms with Crippen molar-refractivity contribution in [2.45, 2.75) is 38.5 Å². The molecule has 1 amide bonds. The molecule has 8 nitrogen and oxygen atoms in total. The van der Waals surface area contributed by atoms with Crippen LogP contribution in [0.5, 0.6) is 0 Å². The van der Waals surface area contributed by atoms with E-state index in [9.17, 15) is 4.79 Å². The van der Waals surface area contributed by atoms with Gasteiger partial charge in [0.05, 0.1) is 0 Å². The molecule has 0 spiro atoms. The summed E-state index contributed by atoms with van der Waals surface area (Å²) in [5, 5.41) is 16.6. The third-order valence-electron chi connectivity index (χ3n) is 6.87. The fraction of sp³-hybridized carbons (Fsp3) is 0.520. The zero-order valence-corrected chi connectivity index (χ0v) is 19.2. The smallest absolute Gasteiger partial charge is 0.223 e. The van der Waals surface area contributed by atoms with Gasteiger partial charge in [-0.1, -0.05) is 36.8 Å². The second-order valence-electron chi connectivity index (χ2n) is 9.16. The Kier molecular flexibility index (Phi) is 6.81. The summed E-state index contributed by atoms with van der Waals surface area (Å²) in [5.74, 6) is 1.95. The minimum Gasteiger partial charge on any atom is -0.356 e. The quantitative estimate of drug-likeness (QED) is 0.561. The summed E-state index contributed by atoms with van der Waals surface area (Å²) in [4.78, 5) is 17.4. The van der Waals surface area contributed by atoms with E-state index in [4.69, 9.17) is 5.10 Å². The molecule has 8 heteroatoms. The van der Waals surface area contributed by atoms with Crippen LogP contribution < -0.4 is 10.2 Å². The van der Waals surface area contributed by atoms with Crippen molar-refractivity contribution in [1.82, 2.24) is 30.0 Å². The third kappa shape index (κ3) is 5.16. The van der Waals surface area contributed by atoms with E-state index >= 15 is 0 Å². The maximum Gasteiger partial charge on any atom is 0.223 e. The van der Waals surface area contributed by atoms with Crippen molar-refractivity contribution in [3.05, 3.63) is 42.5 Å². The Hall–Kier alpha value is -3.00. The van der Waals surface area contributed by atoms with Gasteiger partial charge in [0.25, 0.3) is 0 Å². The van der Waals surface area contributed by atoms with Gasteiger partial charge in [0.15, 0.2) is 11.5 Å². The van der Waals surface area contributed by atoms with Crippen molar-refractivity contribution < 1.29 is 4.79 Å². The number of rotatable bonds is 7. The fourth-order valence-corrected chi connectivity index (χ4v) is 4.93. The first kappa shape index (κ1) is 21.8. The summed E-state index contributed by atoms with van der Waals surface area (Å²) in [6, 6.07) is 14.0. The molecule has 3 aromatic rings. The summed E-state index contributed by atoms with van der Waals surface area (Å²) < 4.78 is 1.81. The van der Waals surface area contributed by atoms with Gasteiger partial charge in [-0.25, -0.2) is 0 Å². The summed E-state index contributed by atoms with van der Waals surface area (Å²) in [5.41, 5.74) is 1.72. The van der Waals surface area contributed by atoms with E-state index in [2.05, 4.69) is 25.3 Å². The molecule has 2 fully saturated rings. The highest BCUT2D eigenvalue weighted by molar-refractivity contribution is 5.79. The maximum absolute atomic E-state index is 12.7. The van der Waals surface area contributed by atoms with Crippen LogP contribution in [0.15, 0.2) is 42.5 Å². The van der Waals surface area contributed by atoms with Crippen LogP contribution in [-0.2, 0) is 4.79 Å². The number of anilines is 1. The summed E-state index contributed by atoms with van der Waals surface area (Å²) in [6.07, 6.45) is 6.74. The third-order valence-corrected chi connectivity index (χ3v) is 6.87. The molecule has 0 radical (unpaired) electrons. The molecule has 2 aliphatic heterocycles.